The highest BCUT2D eigenvalue weighted by Gasteiger charge is 2.30. The Labute approximate surface area is 121 Å². The lowest BCUT2D eigenvalue weighted by atomic mass is 10.1. The van der Waals surface area contributed by atoms with Crippen LogP contribution in [0.1, 0.15) is 33.1 Å². The van der Waals surface area contributed by atoms with Gasteiger partial charge in [0, 0.05) is 19.2 Å². The molecule has 1 heterocycles. The van der Waals surface area contributed by atoms with Crippen molar-refractivity contribution in [2.75, 3.05) is 32.5 Å². The van der Waals surface area contributed by atoms with Crippen molar-refractivity contribution in [1.82, 2.24) is 10.6 Å². The maximum atomic E-state index is 11.7. The smallest absolute Gasteiger partial charge is 0.222 e. The van der Waals surface area contributed by atoms with Crippen LogP contribution >= 0.6 is 0 Å². The number of sulfone groups is 1. The molecular weight excluding hydrogens is 280 g/mol. The molecule has 0 atom stereocenters. The van der Waals surface area contributed by atoms with Crippen LogP contribution in [-0.2, 0) is 19.4 Å². The molecule has 1 rings (SSSR count). The van der Waals surface area contributed by atoms with Crippen LogP contribution in [0, 0.1) is 0 Å². The van der Waals surface area contributed by atoms with Gasteiger partial charge in [-0.15, -0.1) is 0 Å². The Balaban J connectivity index is 2.20. The van der Waals surface area contributed by atoms with Gasteiger partial charge >= 0.3 is 0 Å². The van der Waals surface area contributed by atoms with Crippen LogP contribution in [0.15, 0.2) is 0 Å². The number of carbonyl (C=O) groups is 1. The summed E-state index contributed by atoms with van der Waals surface area (Å²) in [5, 5.41) is 5.91. The second-order valence-electron chi connectivity index (χ2n) is 5.88. The zero-order chi connectivity index (χ0) is 15.2. The SMILES string of the molecule is CC(C)(CNC(=O)CCOC1CCNCC1)S(C)(=O)=O. The second kappa shape index (κ2) is 7.38. The molecule has 0 aromatic heterocycles. The van der Waals surface area contributed by atoms with Gasteiger partial charge in [0.2, 0.25) is 5.91 Å². The van der Waals surface area contributed by atoms with Crippen molar-refractivity contribution in [3.8, 4) is 0 Å². The molecule has 0 saturated carbocycles. The number of ether oxygens (including phenoxy) is 1. The third-order valence-electron chi connectivity index (χ3n) is 3.68. The van der Waals surface area contributed by atoms with Crippen LogP contribution in [0.3, 0.4) is 0 Å². The summed E-state index contributed by atoms with van der Waals surface area (Å²) in [6.45, 7) is 5.63. The highest BCUT2D eigenvalue weighted by molar-refractivity contribution is 7.92. The molecule has 0 radical (unpaired) electrons. The van der Waals surface area contributed by atoms with Gasteiger partial charge in [-0.2, -0.15) is 0 Å². The zero-order valence-corrected chi connectivity index (χ0v) is 13.4. The molecule has 0 bridgehead atoms. The van der Waals surface area contributed by atoms with Gasteiger partial charge in [0.1, 0.15) is 0 Å². The van der Waals surface area contributed by atoms with Crippen LogP contribution in [0.4, 0.5) is 0 Å². The zero-order valence-electron chi connectivity index (χ0n) is 12.6. The minimum absolute atomic E-state index is 0.123. The number of piperidine rings is 1. The normalized spacial score (nSPS) is 17.9. The van der Waals surface area contributed by atoms with Gasteiger partial charge in [-0.1, -0.05) is 0 Å². The fourth-order valence-electron chi connectivity index (χ4n) is 1.81. The summed E-state index contributed by atoms with van der Waals surface area (Å²) in [4.78, 5) is 11.7. The monoisotopic (exact) mass is 306 g/mol. The van der Waals surface area contributed by atoms with E-state index in [4.69, 9.17) is 4.74 Å². The van der Waals surface area contributed by atoms with E-state index in [0.717, 1.165) is 25.9 Å². The number of hydrogen-bond acceptors (Lipinski definition) is 5. The number of nitrogens with one attached hydrogen (secondary N) is 2. The van der Waals surface area contributed by atoms with E-state index in [-0.39, 0.29) is 25.0 Å². The van der Waals surface area contributed by atoms with Crippen molar-refractivity contribution in [2.45, 2.75) is 44.0 Å². The number of amides is 1. The van der Waals surface area contributed by atoms with Crippen LogP contribution < -0.4 is 10.6 Å². The lowest BCUT2D eigenvalue weighted by Crippen LogP contribution is -2.44. The quantitative estimate of drug-likeness (QED) is 0.696. The summed E-state index contributed by atoms with van der Waals surface area (Å²) in [7, 11) is -3.19. The van der Waals surface area contributed by atoms with Crippen molar-refractivity contribution in [2.24, 2.45) is 0 Å². The number of hydrogen-bond donors (Lipinski definition) is 2. The molecule has 6 nitrogen and oxygen atoms in total. The minimum Gasteiger partial charge on any atom is -0.378 e. The topological polar surface area (TPSA) is 84.5 Å². The largest absolute Gasteiger partial charge is 0.378 e. The van der Waals surface area contributed by atoms with Crippen LogP contribution in [-0.4, -0.2) is 57.7 Å². The first-order valence-corrected chi connectivity index (χ1v) is 8.90. The van der Waals surface area contributed by atoms with E-state index in [1.165, 1.54) is 6.26 Å². The Morgan fingerprint density at radius 1 is 1.35 bits per heavy atom. The van der Waals surface area contributed by atoms with E-state index in [9.17, 15) is 13.2 Å². The standard InChI is InChI=1S/C13H26N2O4S/c1-13(2,20(3,17)18)10-15-12(16)6-9-19-11-4-7-14-8-5-11/h11,14H,4-10H2,1-3H3,(H,15,16). The number of carbonyl (C=O) groups excluding carboxylic acids is 1. The molecule has 0 spiro atoms. The maximum Gasteiger partial charge on any atom is 0.222 e. The first kappa shape index (κ1) is 17.4. The van der Waals surface area contributed by atoms with Gasteiger partial charge in [0.05, 0.1) is 17.5 Å². The lowest BCUT2D eigenvalue weighted by Gasteiger charge is -2.24. The fraction of sp³-hybridized carbons (Fsp3) is 0.923. The summed E-state index contributed by atoms with van der Waals surface area (Å²) >= 11 is 0. The average molecular weight is 306 g/mol. The van der Waals surface area contributed by atoms with Crippen LogP contribution in [0.5, 0.6) is 0 Å². The van der Waals surface area contributed by atoms with E-state index in [0.29, 0.717) is 6.61 Å². The molecule has 20 heavy (non-hydrogen) atoms. The van der Waals surface area contributed by atoms with E-state index >= 15 is 0 Å². The number of rotatable bonds is 7. The van der Waals surface area contributed by atoms with Gasteiger partial charge in [-0.25, -0.2) is 8.42 Å². The average Bonchev–Trinajstić information content (AvgIpc) is 2.36. The Bertz CT molecular complexity index is 414. The molecule has 118 valence electrons. The Kier molecular flexibility index (Phi) is 6.42. The third kappa shape index (κ3) is 5.76. The summed E-state index contributed by atoms with van der Waals surface area (Å²) in [5.74, 6) is -0.171. The second-order valence-corrected chi connectivity index (χ2v) is 8.53. The molecule has 1 aliphatic rings. The Morgan fingerprint density at radius 2 is 1.95 bits per heavy atom. The van der Waals surface area contributed by atoms with Crippen molar-refractivity contribution < 1.29 is 17.9 Å². The van der Waals surface area contributed by atoms with Gasteiger partial charge < -0.3 is 15.4 Å². The first-order valence-electron chi connectivity index (χ1n) is 7.01. The van der Waals surface area contributed by atoms with Crippen LogP contribution in [0.25, 0.3) is 0 Å². The van der Waals surface area contributed by atoms with Gasteiger partial charge in [-0.3, -0.25) is 4.79 Å². The Hall–Kier alpha value is -0.660. The third-order valence-corrected chi connectivity index (χ3v) is 5.84. The molecule has 1 saturated heterocycles. The van der Waals surface area contributed by atoms with Crippen molar-refractivity contribution in [3.05, 3.63) is 0 Å². The molecule has 1 aliphatic heterocycles. The van der Waals surface area contributed by atoms with Gasteiger partial charge in [-0.05, 0) is 39.8 Å². The molecule has 0 aliphatic carbocycles. The lowest BCUT2D eigenvalue weighted by molar-refractivity contribution is -0.122. The summed E-state index contributed by atoms with van der Waals surface area (Å²) < 4.78 is 27.7. The van der Waals surface area contributed by atoms with E-state index in [1.54, 1.807) is 13.8 Å². The first-order chi connectivity index (χ1) is 9.22. The predicted molar refractivity (Wildman–Crippen MR) is 78.4 cm³/mol. The van der Waals surface area contributed by atoms with E-state index in [2.05, 4.69) is 10.6 Å². The van der Waals surface area contributed by atoms with Gasteiger partial charge in [0.15, 0.2) is 9.84 Å². The highest BCUT2D eigenvalue weighted by Crippen LogP contribution is 2.13. The minimum atomic E-state index is -3.19. The Morgan fingerprint density at radius 3 is 2.50 bits per heavy atom. The van der Waals surface area contributed by atoms with Gasteiger partial charge in [0.25, 0.3) is 0 Å². The van der Waals surface area contributed by atoms with Crippen molar-refractivity contribution in [1.29, 1.82) is 0 Å². The van der Waals surface area contributed by atoms with E-state index < -0.39 is 14.6 Å². The molecule has 1 fully saturated rings. The molecular formula is C13H26N2O4S. The molecule has 2 N–H and O–H groups in total. The maximum absolute atomic E-state index is 11.7. The molecule has 0 unspecified atom stereocenters. The predicted octanol–water partition coefficient (Wildman–Crippen LogP) is 0.0845. The fourth-order valence-corrected chi connectivity index (χ4v) is 2.15. The molecule has 0 aromatic rings. The molecule has 0 aromatic carbocycles. The van der Waals surface area contributed by atoms with Crippen molar-refractivity contribution in [3.63, 3.8) is 0 Å². The molecule has 1 amide bonds. The summed E-state index contributed by atoms with van der Waals surface area (Å²) in [5.41, 5.74) is 0. The molecule has 7 heteroatoms. The van der Waals surface area contributed by atoms with Crippen molar-refractivity contribution >= 4 is 15.7 Å². The highest BCUT2D eigenvalue weighted by atomic mass is 32.2. The van der Waals surface area contributed by atoms with Crippen LogP contribution in [0.2, 0.25) is 0 Å². The summed E-state index contributed by atoms with van der Waals surface area (Å²) in [6, 6.07) is 0. The summed E-state index contributed by atoms with van der Waals surface area (Å²) in [6.07, 6.45) is 3.63. The van der Waals surface area contributed by atoms with E-state index in [1.807, 2.05) is 0 Å².